The van der Waals surface area contributed by atoms with Gasteiger partial charge in [0.2, 0.25) is 0 Å². The molecule has 140 valence electrons. The van der Waals surface area contributed by atoms with E-state index in [1.165, 1.54) is 12.1 Å². The third-order valence-corrected chi connectivity index (χ3v) is 6.27. The topological polar surface area (TPSA) is 64.3 Å². The maximum atomic E-state index is 13.2. The lowest BCUT2D eigenvalue weighted by atomic mass is 10.0. The van der Waals surface area contributed by atoms with E-state index in [1.54, 1.807) is 66.7 Å². The fraction of sp³-hybridized carbons (Fsp3) is 0.0455. The van der Waals surface area contributed by atoms with Gasteiger partial charge in [-0.3, -0.25) is 4.79 Å². The summed E-state index contributed by atoms with van der Waals surface area (Å²) < 4.78 is 31.5. The normalized spacial score (nSPS) is 11.6. The average molecular weight is 411 g/mol. The van der Waals surface area contributed by atoms with E-state index in [2.05, 4.69) is 0 Å². The Labute approximate surface area is 167 Å². The molecule has 0 fully saturated rings. The summed E-state index contributed by atoms with van der Waals surface area (Å²) in [6.07, 6.45) is 0. The van der Waals surface area contributed by atoms with Gasteiger partial charge in [0, 0.05) is 16.0 Å². The predicted octanol–water partition coefficient (Wildman–Crippen LogP) is 5.29. The number of hydrogen-bond acceptors (Lipinski definition) is 4. The van der Waals surface area contributed by atoms with Crippen molar-refractivity contribution < 1.29 is 17.6 Å². The molecule has 0 atom stereocenters. The highest BCUT2D eigenvalue weighted by Crippen LogP contribution is 2.31. The van der Waals surface area contributed by atoms with E-state index in [0.717, 1.165) is 0 Å². The Balaban J connectivity index is 1.85. The van der Waals surface area contributed by atoms with Gasteiger partial charge in [-0.05, 0) is 30.3 Å². The van der Waals surface area contributed by atoms with Gasteiger partial charge in [-0.1, -0.05) is 60.1 Å². The van der Waals surface area contributed by atoms with Crippen molar-refractivity contribution in [3.8, 4) is 0 Å². The summed E-state index contributed by atoms with van der Waals surface area (Å²) in [5, 5.41) is 1.00. The molecule has 0 radical (unpaired) electrons. The summed E-state index contributed by atoms with van der Waals surface area (Å²) in [4.78, 5) is 13.4. The van der Waals surface area contributed by atoms with Crippen molar-refractivity contribution in [2.45, 2.75) is 10.6 Å². The van der Waals surface area contributed by atoms with E-state index >= 15 is 0 Å². The van der Waals surface area contributed by atoms with Crippen molar-refractivity contribution in [2.24, 2.45) is 0 Å². The zero-order chi connectivity index (χ0) is 19.7. The molecule has 0 bridgehead atoms. The van der Waals surface area contributed by atoms with Crippen LogP contribution in [0, 0.1) is 0 Å². The minimum atomic E-state index is -3.68. The quantitative estimate of drug-likeness (QED) is 0.419. The lowest BCUT2D eigenvalue weighted by molar-refractivity contribution is 0.103. The Bertz CT molecular complexity index is 1270. The van der Waals surface area contributed by atoms with Crippen molar-refractivity contribution >= 4 is 38.2 Å². The molecular formula is C22H15ClO4S. The molecule has 1 heterocycles. The fourth-order valence-electron chi connectivity index (χ4n) is 3.10. The molecule has 4 aromatic rings. The zero-order valence-corrected chi connectivity index (χ0v) is 16.2. The van der Waals surface area contributed by atoms with Crippen LogP contribution < -0.4 is 0 Å². The number of ketones is 1. The van der Waals surface area contributed by atoms with Crippen LogP contribution in [0.1, 0.15) is 21.7 Å². The minimum Gasteiger partial charge on any atom is -0.459 e. The van der Waals surface area contributed by atoms with E-state index in [-0.39, 0.29) is 22.0 Å². The van der Waals surface area contributed by atoms with Crippen LogP contribution in [-0.2, 0) is 15.6 Å². The lowest BCUT2D eigenvalue weighted by Crippen LogP contribution is -2.09. The molecule has 28 heavy (non-hydrogen) atoms. The van der Waals surface area contributed by atoms with Gasteiger partial charge in [-0.25, -0.2) is 8.42 Å². The van der Waals surface area contributed by atoms with Crippen molar-refractivity contribution in [3.63, 3.8) is 0 Å². The van der Waals surface area contributed by atoms with Crippen molar-refractivity contribution in [1.82, 2.24) is 0 Å². The monoisotopic (exact) mass is 410 g/mol. The first-order valence-corrected chi connectivity index (χ1v) is 10.6. The van der Waals surface area contributed by atoms with Gasteiger partial charge in [-0.2, -0.15) is 0 Å². The molecule has 3 aromatic carbocycles. The summed E-state index contributed by atoms with van der Waals surface area (Å²) in [6, 6.07) is 21.7. The Morgan fingerprint density at radius 3 is 2.36 bits per heavy atom. The van der Waals surface area contributed by atoms with E-state index in [1.807, 2.05) is 0 Å². The number of para-hydroxylation sites is 1. The first kappa shape index (κ1) is 18.5. The number of furan rings is 1. The Morgan fingerprint density at radius 1 is 0.893 bits per heavy atom. The van der Waals surface area contributed by atoms with Crippen molar-refractivity contribution in [3.05, 3.63) is 101 Å². The Hall–Kier alpha value is -2.89. The second kappa shape index (κ2) is 7.26. The lowest BCUT2D eigenvalue weighted by Gasteiger charge is -2.06. The summed E-state index contributed by atoms with van der Waals surface area (Å²) in [7, 11) is -3.68. The van der Waals surface area contributed by atoms with Crippen LogP contribution in [0.25, 0.3) is 11.0 Å². The number of rotatable bonds is 5. The van der Waals surface area contributed by atoms with E-state index in [0.29, 0.717) is 21.6 Å². The predicted molar refractivity (Wildman–Crippen MR) is 108 cm³/mol. The highest BCUT2D eigenvalue weighted by molar-refractivity contribution is 7.90. The summed E-state index contributed by atoms with van der Waals surface area (Å²) in [5.74, 6) is -0.617. The van der Waals surface area contributed by atoms with Crippen LogP contribution in [0.2, 0.25) is 5.02 Å². The van der Waals surface area contributed by atoms with Gasteiger partial charge in [0.1, 0.15) is 17.1 Å². The third-order valence-electron chi connectivity index (χ3n) is 4.41. The number of carbonyl (C=O) groups excluding carboxylic acids is 1. The summed E-state index contributed by atoms with van der Waals surface area (Å²) in [6.45, 7) is 0. The SMILES string of the molecule is O=C(c1cccc(Cl)c1)c1c(CS(=O)(=O)c2ccccc2)oc2ccccc12. The first-order chi connectivity index (χ1) is 13.5. The van der Waals surface area contributed by atoms with E-state index < -0.39 is 15.6 Å². The second-order valence-corrected chi connectivity index (χ2v) is 8.73. The molecule has 1 aromatic heterocycles. The number of fused-ring (bicyclic) bond motifs is 1. The van der Waals surface area contributed by atoms with Gasteiger partial charge < -0.3 is 4.42 Å². The third kappa shape index (κ3) is 3.46. The van der Waals surface area contributed by atoms with Crippen molar-refractivity contribution in [2.75, 3.05) is 0 Å². The minimum absolute atomic E-state index is 0.120. The Kier molecular flexibility index (Phi) is 4.79. The maximum Gasteiger partial charge on any atom is 0.197 e. The molecule has 0 N–H and O–H groups in total. The number of sulfone groups is 1. The molecule has 4 rings (SSSR count). The second-order valence-electron chi connectivity index (χ2n) is 6.31. The highest BCUT2D eigenvalue weighted by Gasteiger charge is 2.26. The molecule has 0 aliphatic carbocycles. The van der Waals surface area contributed by atoms with Gasteiger partial charge in [0.05, 0.1) is 10.5 Å². The average Bonchev–Trinajstić information content (AvgIpc) is 3.05. The van der Waals surface area contributed by atoms with Crippen LogP contribution in [0.4, 0.5) is 0 Å². The molecule has 0 aliphatic heterocycles. The van der Waals surface area contributed by atoms with Gasteiger partial charge in [0.15, 0.2) is 15.6 Å². The summed E-state index contributed by atoms with van der Waals surface area (Å²) in [5.41, 5.74) is 1.08. The largest absolute Gasteiger partial charge is 0.459 e. The van der Waals surface area contributed by atoms with E-state index in [9.17, 15) is 13.2 Å². The number of benzene rings is 3. The van der Waals surface area contributed by atoms with E-state index in [4.69, 9.17) is 16.0 Å². The van der Waals surface area contributed by atoms with Crippen LogP contribution in [-0.4, -0.2) is 14.2 Å². The number of halogens is 1. The van der Waals surface area contributed by atoms with Crippen molar-refractivity contribution in [1.29, 1.82) is 0 Å². The standard InChI is InChI=1S/C22H15ClO4S/c23-16-8-6-7-15(13-16)22(24)21-18-11-4-5-12-19(18)27-20(21)14-28(25,26)17-9-2-1-3-10-17/h1-13H,14H2. The van der Waals surface area contributed by atoms with Gasteiger partial charge in [0.25, 0.3) is 0 Å². The highest BCUT2D eigenvalue weighted by atomic mass is 35.5. The molecule has 0 spiro atoms. The van der Waals surface area contributed by atoms with Gasteiger partial charge in [-0.15, -0.1) is 0 Å². The number of hydrogen-bond donors (Lipinski definition) is 0. The molecule has 4 nitrogen and oxygen atoms in total. The summed E-state index contributed by atoms with van der Waals surface area (Å²) >= 11 is 6.02. The number of carbonyl (C=O) groups is 1. The molecule has 0 unspecified atom stereocenters. The fourth-order valence-corrected chi connectivity index (χ4v) is 4.58. The van der Waals surface area contributed by atoms with Crippen LogP contribution in [0.5, 0.6) is 0 Å². The van der Waals surface area contributed by atoms with Gasteiger partial charge >= 0.3 is 0 Å². The van der Waals surface area contributed by atoms with Crippen LogP contribution >= 0.6 is 11.6 Å². The van der Waals surface area contributed by atoms with Crippen LogP contribution in [0.3, 0.4) is 0 Å². The molecule has 0 aliphatic rings. The molecule has 0 saturated heterocycles. The zero-order valence-electron chi connectivity index (χ0n) is 14.6. The van der Waals surface area contributed by atoms with Crippen LogP contribution in [0.15, 0.2) is 88.2 Å². The smallest absolute Gasteiger partial charge is 0.197 e. The Morgan fingerprint density at radius 2 is 1.61 bits per heavy atom. The molecule has 0 amide bonds. The molecule has 6 heteroatoms. The maximum absolute atomic E-state index is 13.2. The molecule has 0 saturated carbocycles. The molecular weight excluding hydrogens is 396 g/mol. The first-order valence-electron chi connectivity index (χ1n) is 8.54.